The fraction of sp³-hybridized carbons (Fsp3) is 0.467. The number of alkyl halides is 1. The van der Waals surface area contributed by atoms with Gasteiger partial charge in [0.25, 0.3) is 5.91 Å². The third-order valence-electron chi connectivity index (χ3n) is 3.34. The van der Waals surface area contributed by atoms with Gasteiger partial charge in [-0.3, -0.25) is 4.79 Å². The lowest BCUT2D eigenvalue weighted by molar-refractivity contribution is 0.100. The quantitative estimate of drug-likeness (QED) is 0.444. The van der Waals surface area contributed by atoms with E-state index in [4.69, 9.17) is 11.5 Å². The van der Waals surface area contributed by atoms with Crippen molar-refractivity contribution >= 4 is 21.7 Å². The van der Waals surface area contributed by atoms with Crippen LogP contribution in [0.2, 0.25) is 0 Å². The zero-order valence-corrected chi connectivity index (χ0v) is 14.1. The van der Waals surface area contributed by atoms with E-state index < -0.39 is 28.4 Å². The van der Waals surface area contributed by atoms with E-state index in [1.54, 1.807) is 0 Å². The van der Waals surface area contributed by atoms with Crippen molar-refractivity contribution in [1.82, 2.24) is 0 Å². The molecule has 0 radical (unpaired) electrons. The molecule has 8 heteroatoms. The monoisotopic (exact) mass is 343 g/mol. The molecule has 1 amide bonds. The molecule has 0 saturated heterocycles. The Morgan fingerprint density at radius 2 is 1.87 bits per heavy atom. The van der Waals surface area contributed by atoms with Crippen LogP contribution in [-0.2, 0) is 22.9 Å². The first-order valence-corrected chi connectivity index (χ1v) is 9.15. The van der Waals surface area contributed by atoms with Crippen molar-refractivity contribution in [3.05, 3.63) is 28.8 Å². The zero-order chi connectivity index (χ0) is 17.6. The standard InChI is InChI=1S/C15H22FN3O3S/c1-3-4-5-6-10-7-11(9-16)12(14(20)19-15(17)18)8-13(10)23(2,21)22/h7-8H,3-6,9H2,1-2H3,(H4,17,18,19,20). The number of amides is 1. The van der Waals surface area contributed by atoms with E-state index in [-0.39, 0.29) is 16.0 Å². The first kappa shape index (κ1) is 19.1. The highest BCUT2D eigenvalue weighted by Crippen LogP contribution is 2.25. The molecule has 0 spiro atoms. The van der Waals surface area contributed by atoms with Crippen LogP contribution in [0.25, 0.3) is 0 Å². The molecule has 0 bridgehead atoms. The molecule has 6 nitrogen and oxygen atoms in total. The molecule has 0 fully saturated rings. The summed E-state index contributed by atoms with van der Waals surface area (Å²) in [6.07, 6.45) is 4.25. The summed E-state index contributed by atoms with van der Waals surface area (Å²) >= 11 is 0. The van der Waals surface area contributed by atoms with Crippen LogP contribution in [0.15, 0.2) is 22.0 Å². The van der Waals surface area contributed by atoms with Gasteiger partial charge in [-0.25, -0.2) is 12.8 Å². The van der Waals surface area contributed by atoms with Gasteiger partial charge in [-0.2, -0.15) is 4.99 Å². The van der Waals surface area contributed by atoms with Gasteiger partial charge in [0.15, 0.2) is 15.8 Å². The smallest absolute Gasteiger partial charge is 0.280 e. The predicted molar refractivity (Wildman–Crippen MR) is 87.7 cm³/mol. The lowest BCUT2D eigenvalue weighted by Crippen LogP contribution is -2.24. The fourth-order valence-electron chi connectivity index (χ4n) is 2.27. The highest BCUT2D eigenvalue weighted by atomic mass is 32.2. The Bertz CT molecular complexity index is 711. The number of rotatable bonds is 7. The van der Waals surface area contributed by atoms with Gasteiger partial charge >= 0.3 is 0 Å². The van der Waals surface area contributed by atoms with Crippen molar-refractivity contribution in [2.75, 3.05) is 6.26 Å². The second-order valence-electron chi connectivity index (χ2n) is 5.32. The van der Waals surface area contributed by atoms with Gasteiger partial charge < -0.3 is 11.5 Å². The number of halogens is 1. The summed E-state index contributed by atoms with van der Waals surface area (Å²) in [6, 6.07) is 2.59. The van der Waals surface area contributed by atoms with Crippen LogP contribution in [0.3, 0.4) is 0 Å². The van der Waals surface area contributed by atoms with Gasteiger partial charge in [0, 0.05) is 11.8 Å². The number of aryl methyl sites for hydroxylation is 1. The number of nitrogens with zero attached hydrogens (tertiary/aromatic N) is 1. The maximum atomic E-state index is 13.3. The summed E-state index contributed by atoms with van der Waals surface area (Å²) < 4.78 is 37.3. The summed E-state index contributed by atoms with van der Waals surface area (Å²) in [7, 11) is -3.57. The summed E-state index contributed by atoms with van der Waals surface area (Å²) in [5, 5.41) is 0. The van der Waals surface area contributed by atoms with Crippen molar-refractivity contribution < 1.29 is 17.6 Å². The van der Waals surface area contributed by atoms with E-state index >= 15 is 0 Å². The maximum absolute atomic E-state index is 13.3. The maximum Gasteiger partial charge on any atom is 0.280 e. The fourth-order valence-corrected chi connectivity index (χ4v) is 3.24. The molecule has 0 aliphatic rings. The van der Waals surface area contributed by atoms with E-state index in [1.807, 2.05) is 6.92 Å². The number of hydrogen-bond acceptors (Lipinski definition) is 3. The van der Waals surface area contributed by atoms with E-state index in [9.17, 15) is 17.6 Å². The summed E-state index contributed by atoms with van der Waals surface area (Å²) in [5.74, 6) is -1.32. The van der Waals surface area contributed by atoms with Gasteiger partial charge in [0.1, 0.15) is 6.67 Å². The number of carbonyl (C=O) groups is 1. The Hall–Kier alpha value is -1.96. The minimum atomic E-state index is -3.57. The largest absolute Gasteiger partial charge is 0.370 e. The minimum absolute atomic E-state index is 0.0138. The van der Waals surface area contributed by atoms with Gasteiger partial charge in [0.05, 0.1) is 4.90 Å². The number of sulfone groups is 1. The Morgan fingerprint density at radius 3 is 2.35 bits per heavy atom. The van der Waals surface area contributed by atoms with Crippen LogP contribution in [-0.4, -0.2) is 26.5 Å². The first-order valence-electron chi connectivity index (χ1n) is 7.26. The molecular formula is C15H22FN3O3S. The zero-order valence-electron chi connectivity index (χ0n) is 13.3. The number of carbonyl (C=O) groups excluding carboxylic acids is 1. The number of aliphatic imine (C=N–C) groups is 1. The van der Waals surface area contributed by atoms with Crippen LogP contribution in [0, 0.1) is 0 Å². The number of nitrogens with two attached hydrogens (primary N) is 2. The third-order valence-corrected chi connectivity index (χ3v) is 4.52. The van der Waals surface area contributed by atoms with Gasteiger partial charge in [0.2, 0.25) is 0 Å². The first-order chi connectivity index (χ1) is 10.7. The second kappa shape index (κ2) is 8.05. The Labute approximate surface area is 135 Å². The van der Waals surface area contributed by atoms with Crippen molar-refractivity contribution in [3.63, 3.8) is 0 Å². The van der Waals surface area contributed by atoms with Crippen LogP contribution >= 0.6 is 0 Å². The highest BCUT2D eigenvalue weighted by molar-refractivity contribution is 7.90. The molecular weight excluding hydrogens is 321 g/mol. The Balaban J connectivity index is 3.45. The van der Waals surface area contributed by atoms with Gasteiger partial charge in [-0.05, 0) is 30.0 Å². The Morgan fingerprint density at radius 1 is 1.22 bits per heavy atom. The molecule has 0 atom stereocenters. The van der Waals surface area contributed by atoms with E-state index in [0.717, 1.165) is 25.5 Å². The molecule has 1 aromatic rings. The van der Waals surface area contributed by atoms with Gasteiger partial charge in [-0.1, -0.05) is 25.8 Å². The Kier molecular flexibility index (Phi) is 6.68. The second-order valence-corrected chi connectivity index (χ2v) is 7.31. The molecule has 0 aliphatic carbocycles. The van der Waals surface area contributed by atoms with Crippen molar-refractivity contribution in [3.8, 4) is 0 Å². The molecule has 0 aromatic heterocycles. The number of benzene rings is 1. The molecule has 0 heterocycles. The molecule has 128 valence electrons. The average Bonchev–Trinajstić information content (AvgIpc) is 2.44. The van der Waals surface area contributed by atoms with Crippen LogP contribution < -0.4 is 11.5 Å². The van der Waals surface area contributed by atoms with Crippen LogP contribution in [0.1, 0.15) is 47.7 Å². The number of hydrogen-bond donors (Lipinski definition) is 2. The van der Waals surface area contributed by atoms with E-state index in [1.165, 1.54) is 12.1 Å². The minimum Gasteiger partial charge on any atom is -0.370 e. The summed E-state index contributed by atoms with van der Waals surface area (Å²) in [6.45, 7) is 1.12. The van der Waals surface area contributed by atoms with Crippen molar-refractivity contribution in [1.29, 1.82) is 0 Å². The lowest BCUT2D eigenvalue weighted by Gasteiger charge is -2.12. The number of guanidine groups is 1. The van der Waals surface area contributed by atoms with Crippen LogP contribution in [0.5, 0.6) is 0 Å². The molecule has 4 N–H and O–H groups in total. The van der Waals surface area contributed by atoms with Crippen molar-refractivity contribution in [2.24, 2.45) is 16.5 Å². The van der Waals surface area contributed by atoms with Crippen molar-refractivity contribution in [2.45, 2.75) is 44.2 Å². The average molecular weight is 343 g/mol. The third kappa shape index (κ3) is 5.31. The number of unbranched alkanes of at least 4 members (excludes halogenated alkanes) is 2. The lowest BCUT2D eigenvalue weighted by atomic mass is 10.00. The summed E-state index contributed by atoms with van der Waals surface area (Å²) in [5.41, 5.74) is 10.8. The van der Waals surface area contributed by atoms with Gasteiger partial charge in [-0.15, -0.1) is 0 Å². The summed E-state index contributed by atoms with van der Waals surface area (Å²) in [4.78, 5) is 15.3. The molecule has 1 rings (SSSR count). The SMILES string of the molecule is CCCCCc1cc(CF)c(C(=O)N=C(N)N)cc1S(C)(=O)=O. The molecule has 0 unspecified atom stereocenters. The molecule has 0 saturated carbocycles. The van der Waals surface area contributed by atoms with E-state index in [2.05, 4.69) is 4.99 Å². The van der Waals surface area contributed by atoms with Crippen LogP contribution in [0.4, 0.5) is 4.39 Å². The normalized spacial score (nSPS) is 11.3. The predicted octanol–water partition coefficient (Wildman–Crippen LogP) is 1.71. The highest BCUT2D eigenvalue weighted by Gasteiger charge is 2.20. The molecule has 1 aromatic carbocycles. The molecule has 0 aliphatic heterocycles. The topological polar surface area (TPSA) is 116 Å². The molecule has 23 heavy (non-hydrogen) atoms. The van der Waals surface area contributed by atoms with E-state index in [0.29, 0.717) is 12.0 Å².